The third-order valence-corrected chi connectivity index (χ3v) is 1.28. The van der Waals surface area contributed by atoms with Crippen LogP contribution in [-0.4, -0.2) is 37.5 Å². The first-order chi connectivity index (χ1) is 6.27. The van der Waals surface area contributed by atoms with Crippen molar-refractivity contribution in [3.05, 3.63) is 0 Å². The predicted molar refractivity (Wildman–Crippen MR) is 38.9 cm³/mol. The van der Waals surface area contributed by atoms with Crippen LogP contribution in [0.25, 0.3) is 0 Å². The summed E-state index contributed by atoms with van der Waals surface area (Å²) in [5, 5.41) is 0. The molecule has 0 aromatic heterocycles. The van der Waals surface area contributed by atoms with E-state index in [1.54, 1.807) is 0 Å². The van der Waals surface area contributed by atoms with Crippen molar-refractivity contribution in [2.75, 3.05) is 13.2 Å². The third kappa shape index (κ3) is 4.38. The first-order valence-corrected chi connectivity index (χ1v) is 3.56. The highest BCUT2D eigenvalue weighted by atomic mass is 19.3. The Bertz CT molecular complexity index is 200. The molecule has 1 amide bonds. The number of ether oxygens (including phenoxy) is 1. The van der Waals surface area contributed by atoms with Crippen LogP contribution >= 0.6 is 0 Å². The predicted octanol–water partition coefficient (Wildman–Crippen LogP) is -0.284. The Balaban J connectivity index is 3.79. The average molecular weight is 218 g/mol. The number of carbonyl (C=O) groups is 1. The molecule has 1 unspecified atom stereocenters. The number of nitrogens with two attached hydrogens (primary N) is 2. The zero-order valence-electron chi connectivity index (χ0n) is 7.05. The number of primary amides is 1. The highest BCUT2D eigenvalue weighted by Gasteiger charge is 2.41. The lowest BCUT2D eigenvalue weighted by Crippen LogP contribution is -2.42. The van der Waals surface area contributed by atoms with Gasteiger partial charge in [0.15, 0.2) is 0 Å². The molecule has 0 radical (unpaired) electrons. The van der Waals surface area contributed by atoms with E-state index in [4.69, 9.17) is 5.73 Å². The van der Waals surface area contributed by atoms with Gasteiger partial charge in [-0.05, 0) is 0 Å². The van der Waals surface area contributed by atoms with Gasteiger partial charge in [-0.3, -0.25) is 4.79 Å². The molecule has 4 N–H and O–H groups in total. The zero-order valence-corrected chi connectivity index (χ0v) is 7.05. The van der Waals surface area contributed by atoms with Crippen molar-refractivity contribution in [3.8, 4) is 0 Å². The fourth-order valence-electron chi connectivity index (χ4n) is 0.467. The molecule has 0 fully saturated rings. The molecule has 1 atom stereocenters. The smallest absolute Gasteiger partial charge is 0.330 e. The molecular formula is C6H10F4N2O2. The second-order valence-electron chi connectivity index (χ2n) is 2.59. The van der Waals surface area contributed by atoms with Gasteiger partial charge < -0.3 is 16.2 Å². The quantitative estimate of drug-likeness (QED) is 0.601. The van der Waals surface area contributed by atoms with E-state index in [-0.39, 0.29) is 0 Å². The maximum atomic E-state index is 12.2. The van der Waals surface area contributed by atoms with Crippen LogP contribution in [0.15, 0.2) is 0 Å². The van der Waals surface area contributed by atoms with E-state index in [1.165, 1.54) is 0 Å². The Morgan fingerprint density at radius 1 is 1.43 bits per heavy atom. The van der Waals surface area contributed by atoms with Gasteiger partial charge in [0.2, 0.25) is 5.91 Å². The standard InChI is InChI=1S/C6H10F4N2O2/c7-5(8)6(9,10)2-14-1-3(11)4(12)13/h3,5H,1-2,11H2,(H2,12,13). The Hall–Kier alpha value is -0.890. The Labute approximate surface area is 77.2 Å². The highest BCUT2D eigenvalue weighted by molar-refractivity contribution is 5.79. The molecule has 0 spiro atoms. The maximum Gasteiger partial charge on any atom is 0.330 e. The van der Waals surface area contributed by atoms with E-state index in [2.05, 4.69) is 10.5 Å². The Morgan fingerprint density at radius 2 is 1.93 bits per heavy atom. The second kappa shape index (κ2) is 5.11. The van der Waals surface area contributed by atoms with E-state index in [1.807, 2.05) is 0 Å². The lowest BCUT2D eigenvalue weighted by Gasteiger charge is -2.16. The number of amides is 1. The summed E-state index contributed by atoms with van der Waals surface area (Å²) in [5.41, 5.74) is 9.66. The number of carbonyl (C=O) groups excluding carboxylic acids is 1. The maximum absolute atomic E-state index is 12.2. The minimum atomic E-state index is -4.24. The van der Waals surface area contributed by atoms with Crippen LogP contribution in [-0.2, 0) is 9.53 Å². The Morgan fingerprint density at radius 3 is 2.29 bits per heavy atom. The molecule has 0 saturated carbocycles. The lowest BCUT2D eigenvalue weighted by atomic mass is 10.3. The van der Waals surface area contributed by atoms with Crippen molar-refractivity contribution in [2.45, 2.75) is 18.4 Å². The van der Waals surface area contributed by atoms with E-state index in [0.717, 1.165) is 0 Å². The molecule has 0 aliphatic heterocycles. The molecular weight excluding hydrogens is 208 g/mol. The lowest BCUT2D eigenvalue weighted by molar-refractivity contribution is -0.167. The normalized spacial score (nSPS) is 14.4. The largest absolute Gasteiger partial charge is 0.373 e. The SMILES string of the molecule is NC(=O)C(N)COCC(F)(F)C(F)F. The molecule has 0 aromatic rings. The molecule has 0 aromatic carbocycles. The van der Waals surface area contributed by atoms with Crippen molar-refractivity contribution in [1.29, 1.82) is 0 Å². The summed E-state index contributed by atoms with van der Waals surface area (Å²) in [7, 11) is 0. The fraction of sp³-hybridized carbons (Fsp3) is 0.833. The van der Waals surface area contributed by atoms with E-state index in [0.29, 0.717) is 0 Å². The molecule has 0 saturated heterocycles. The molecule has 0 bridgehead atoms. The molecule has 0 rings (SSSR count). The summed E-state index contributed by atoms with van der Waals surface area (Å²) >= 11 is 0. The summed E-state index contributed by atoms with van der Waals surface area (Å²) in [6, 6.07) is -1.27. The first kappa shape index (κ1) is 13.1. The molecule has 8 heteroatoms. The second-order valence-corrected chi connectivity index (χ2v) is 2.59. The summed E-state index contributed by atoms with van der Waals surface area (Å²) < 4.78 is 51.5. The molecule has 0 aliphatic carbocycles. The van der Waals surface area contributed by atoms with Crippen LogP contribution in [0, 0.1) is 0 Å². The molecule has 0 aliphatic rings. The summed E-state index contributed by atoms with van der Waals surface area (Å²) in [4.78, 5) is 10.3. The van der Waals surface area contributed by atoms with Crippen molar-refractivity contribution in [3.63, 3.8) is 0 Å². The zero-order chi connectivity index (χ0) is 11.4. The van der Waals surface area contributed by atoms with Gasteiger partial charge in [0.1, 0.15) is 12.6 Å². The third-order valence-electron chi connectivity index (χ3n) is 1.28. The van der Waals surface area contributed by atoms with Crippen LogP contribution in [0.3, 0.4) is 0 Å². The van der Waals surface area contributed by atoms with E-state index < -0.39 is 37.5 Å². The topological polar surface area (TPSA) is 78.3 Å². The van der Waals surface area contributed by atoms with E-state index >= 15 is 0 Å². The number of alkyl halides is 4. The van der Waals surface area contributed by atoms with Gasteiger partial charge in [-0.25, -0.2) is 8.78 Å². The van der Waals surface area contributed by atoms with Crippen molar-refractivity contribution >= 4 is 5.91 Å². The summed E-state index contributed by atoms with van der Waals surface area (Å²) in [6.07, 6.45) is -3.81. The van der Waals surface area contributed by atoms with Gasteiger partial charge in [0.05, 0.1) is 6.61 Å². The Kier molecular flexibility index (Phi) is 4.78. The molecule has 14 heavy (non-hydrogen) atoms. The molecule has 84 valence electrons. The van der Waals surface area contributed by atoms with Crippen LogP contribution in [0.1, 0.15) is 0 Å². The van der Waals surface area contributed by atoms with Crippen molar-refractivity contribution in [2.24, 2.45) is 11.5 Å². The van der Waals surface area contributed by atoms with Crippen molar-refractivity contribution in [1.82, 2.24) is 0 Å². The average Bonchev–Trinajstić information content (AvgIpc) is 2.03. The van der Waals surface area contributed by atoms with Gasteiger partial charge in [-0.15, -0.1) is 0 Å². The summed E-state index contributed by atoms with van der Waals surface area (Å²) in [5.74, 6) is -5.19. The van der Waals surface area contributed by atoms with Crippen LogP contribution in [0.5, 0.6) is 0 Å². The first-order valence-electron chi connectivity index (χ1n) is 3.56. The van der Waals surface area contributed by atoms with Gasteiger partial charge in [-0.1, -0.05) is 0 Å². The van der Waals surface area contributed by atoms with E-state index in [9.17, 15) is 22.4 Å². The van der Waals surface area contributed by atoms with Gasteiger partial charge >= 0.3 is 12.3 Å². The highest BCUT2D eigenvalue weighted by Crippen LogP contribution is 2.22. The minimum Gasteiger partial charge on any atom is -0.373 e. The number of hydrogen-bond acceptors (Lipinski definition) is 3. The van der Waals surface area contributed by atoms with Crippen molar-refractivity contribution < 1.29 is 27.1 Å². The van der Waals surface area contributed by atoms with Crippen LogP contribution in [0.2, 0.25) is 0 Å². The van der Waals surface area contributed by atoms with Gasteiger partial charge in [-0.2, -0.15) is 8.78 Å². The van der Waals surface area contributed by atoms with Gasteiger partial charge in [0.25, 0.3) is 0 Å². The molecule has 0 heterocycles. The number of hydrogen-bond donors (Lipinski definition) is 2. The van der Waals surface area contributed by atoms with Gasteiger partial charge in [0, 0.05) is 0 Å². The van der Waals surface area contributed by atoms with Crippen LogP contribution in [0.4, 0.5) is 17.6 Å². The van der Waals surface area contributed by atoms with Crippen LogP contribution < -0.4 is 11.5 Å². The molecule has 4 nitrogen and oxygen atoms in total. The summed E-state index contributed by atoms with van der Waals surface area (Å²) in [6.45, 7) is -2.11. The number of halogens is 4. The monoisotopic (exact) mass is 218 g/mol. The minimum absolute atomic E-state index is 0.613. The fourth-order valence-corrected chi connectivity index (χ4v) is 0.467. The number of rotatable bonds is 6.